The molecule has 1 rings (SSSR count). The zero-order valence-electron chi connectivity index (χ0n) is 14.3. The van der Waals surface area contributed by atoms with Crippen LogP contribution in [-0.4, -0.2) is 49.8 Å². The first-order valence-electron chi connectivity index (χ1n) is 6.74. The van der Waals surface area contributed by atoms with Gasteiger partial charge in [0.05, 0.1) is 12.0 Å². The molecule has 0 saturated heterocycles. The van der Waals surface area contributed by atoms with Crippen LogP contribution in [0.15, 0.2) is 28.3 Å². The highest BCUT2D eigenvalue weighted by Crippen LogP contribution is 2.21. The highest BCUT2D eigenvalue weighted by atomic mass is 35.5. The quantitative estimate of drug-likeness (QED) is 0.385. The normalized spacial score (nSPS) is 10.8. The van der Waals surface area contributed by atoms with Gasteiger partial charge in [0.25, 0.3) is 0 Å². The van der Waals surface area contributed by atoms with Crippen LogP contribution in [0.2, 0.25) is 5.02 Å². The van der Waals surface area contributed by atoms with E-state index >= 15 is 0 Å². The molecule has 8 heteroatoms. The van der Waals surface area contributed by atoms with E-state index in [1.807, 2.05) is 50.4 Å². The Hall–Kier alpha value is -1.73. The number of aliphatic imine (C=N–C) groups is 1. The minimum Gasteiger partial charge on any atom is -0.369 e. The second-order valence-electron chi connectivity index (χ2n) is 4.58. The number of benzene rings is 1. The van der Waals surface area contributed by atoms with E-state index < -0.39 is 6.09 Å². The fourth-order valence-electron chi connectivity index (χ4n) is 1.13. The smallest absolute Gasteiger partial charge is 0.369 e. The molecule has 0 aliphatic carbocycles. The lowest BCUT2D eigenvalue weighted by Crippen LogP contribution is -2.16. The second kappa shape index (κ2) is 11.8. The van der Waals surface area contributed by atoms with Crippen LogP contribution in [0.1, 0.15) is 12.5 Å². The van der Waals surface area contributed by atoms with Gasteiger partial charge in [0.2, 0.25) is 0 Å². The number of thioether (sulfide) groups is 1. The van der Waals surface area contributed by atoms with Crippen LogP contribution in [0.25, 0.3) is 0 Å². The molecule has 23 heavy (non-hydrogen) atoms. The van der Waals surface area contributed by atoms with Crippen molar-refractivity contribution in [2.45, 2.75) is 13.8 Å². The van der Waals surface area contributed by atoms with Crippen molar-refractivity contribution in [1.82, 2.24) is 10.2 Å². The third-order valence-corrected chi connectivity index (χ3v) is 3.24. The van der Waals surface area contributed by atoms with Gasteiger partial charge < -0.3 is 10.2 Å². The molecule has 1 N–H and O–H groups in total. The summed E-state index contributed by atoms with van der Waals surface area (Å²) in [6, 6.07) is 5.67. The fourth-order valence-corrected chi connectivity index (χ4v) is 1.47. The lowest BCUT2D eigenvalue weighted by Gasteiger charge is -2.04. The van der Waals surface area contributed by atoms with Crippen LogP contribution < -0.4 is 5.32 Å². The number of hydrogen-bond donors (Lipinski definition) is 1. The summed E-state index contributed by atoms with van der Waals surface area (Å²) in [7, 11) is 5.36. The standard InChI is InChI=1S/C10H13ClN2.C5H10N2O2S/c1-8-6-9(11)4-5-10(8)12-7-13(2)3;1-4(10-3)7-9-5(8)6-2/h4-7H,1-3H3;1-3H3,(H,6,8)/b;7-4+. The molecule has 0 aliphatic rings. The summed E-state index contributed by atoms with van der Waals surface area (Å²) in [6.45, 7) is 3.75. The van der Waals surface area contributed by atoms with Gasteiger partial charge in [-0.25, -0.2) is 9.79 Å². The first-order chi connectivity index (χ1) is 10.8. The lowest BCUT2D eigenvalue weighted by molar-refractivity contribution is 0.153. The fraction of sp³-hybridized carbons (Fsp3) is 0.400. The van der Waals surface area contributed by atoms with Gasteiger partial charge in [-0.2, -0.15) is 0 Å². The topological polar surface area (TPSA) is 66.3 Å². The van der Waals surface area contributed by atoms with E-state index in [-0.39, 0.29) is 0 Å². The van der Waals surface area contributed by atoms with Crippen molar-refractivity contribution in [1.29, 1.82) is 0 Å². The van der Waals surface area contributed by atoms with Crippen LogP contribution in [0.3, 0.4) is 0 Å². The number of rotatable bonds is 3. The van der Waals surface area contributed by atoms with Crippen molar-refractivity contribution in [3.05, 3.63) is 28.8 Å². The Balaban J connectivity index is 0.000000438. The molecular formula is C15H23ClN4O2S. The molecule has 0 spiro atoms. The minimum absolute atomic E-state index is 0.548. The Morgan fingerprint density at radius 1 is 1.43 bits per heavy atom. The van der Waals surface area contributed by atoms with Gasteiger partial charge in [-0.05, 0) is 43.9 Å². The summed E-state index contributed by atoms with van der Waals surface area (Å²) in [5.41, 5.74) is 2.05. The second-order valence-corrected chi connectivity index (χ2v) is 6.02. The maximum atomic E-state index is 10.4. The van der Waals surface area contributed by atoms with Crippen LogP contribution in [0, 0.1) is 6.92 Å². The SMILES string of the molecule is CNC(=O)O/N=C(\C)SC.Cc1cc(Cl)ccc1N=CN(C)C. The number of carbonyl (C=O) groups is 1. The number of hydrogen-bond acceptors (Lipinski definition) is 5. The van der Waals surface area contributed by atoms with Crippen LogP contribution in [0.4, 0.5) is 10.5 Å². The lowest BCUT2D eigenvalue weighted by atomic mass is 10.2. The zero-order chi connectivity index (χ0) is 17.8. The Morgan fingerprint density at radius 3 is 2.57 bits per heavy atom. The number of halogens is 1. The van der Waals surface area contributed by atoms with E-state index in [4.69, 9.17) is 11.6 Å². The van der Waals surface area contributed by atoms with Crippen molar-refractivity contribution in [2.24, 2.45) is 10.1 Å². The molecule has 1 aromatic carbocycles. The predicted molar refractivity (Wildman–Crippen MR) is 100 cm³/mol. The Morgan fingerprint density at radius 2 is 2.09 bits per heavy atom. The summed E-state index contributed by atoms with van der Waals surface area (Å²) < 4.78 is 0. The average molecular weight is 359 g/mol. The third-order valence-electron chi connectivity index (χ3n) is 2.34. The van der Waals surface area contributed by atoms with E-state index in [9.17, 15) is 4.79 Å². The number of carbonyl (C=O) groups excluding carboxylic acids is 1. The Kier molecular flexibility index (Phi) is 10.9. The van der Waals surface area contributed by atoms with Crippen LogP contribution in [0.5, 0.6) is 0 Å². The van der Waals surface area contributed by atoms with E-state index in [1.54, 1.807) is 13.3 Å². The molecule has 0 unspecified atom stereocenters. The van der Waals surface area contributed by atoms with Gasteiger partial charge in [-0.3, -0.25) is 4.84 Å². The van der Waals surface area contributed by atoms with Gasteiger partial charge in [0.1, 0.15) is 5.04 Å². The van der Waals surface area contributed by atoms with Gasteiger partial charge in [0, 0.05) is 26.2 Å². The molecule has 0 bridgehead atoms. The highest BCUT2D eigenvalue weighted by molar-refractivity contribution is 8.13. The van der Waals surface area contributed by atoms with E-state index in [0.29, 0.717) is 5.04 Å². The van der Waals surface area contributed by atoms with Crippen molar-refractivity contribution in [3.8, 4) is 0 Å². The van der Waals surface area contributed by atoms with Crippen molar-refractivity contribution >= 4 is 46.5 Å². The largest absolute Gasteiger partial charge is 0.433 e. The monoisotopic (exact) mass is 358 g/mol. The Labute approximate surface area is 146 Å². The molecule has 0 radical (unpaired) electrons. The molecule has 0 heterocycles. The molecule has 128 valence electrons. The summed E-state index contributed by atoms with van der Waals surface area (Å²) in [4.78, 5) is 20.9. The molecular weight excluding hydrogens is 336 g/mol. The van der Waals surface area contributed by atoms with Gasteiger partial charge in [-0.15, -0.1) is 11.8 Å². The molecule has 0 fully saturated rings. The third kappa shape index (κ3) is 10.6. The van der Waals surface area contributed by atoms with Crippen LogP contribution >= 0.6 is 23.4 Å². The van der Waals surface area contributed by atoms with E-state index in [1.165, 1.54) is 18.8 Å². The van der Waals surface area contributed by atoms with Gasteiger partial charge in [-0.1, -0.05) is 16.8 Å². The number of nitrogens with zero attached hydrogens (tertiary/aromatic N) is 3. The molecule has 0 saturated carbocycles. The van der Waals surface area contributed by atoms with Crippen molar-refractivity contribution in [2.75, 3.05) is 27.4 Å². The first kappa shape index (κ1) is 21.3. The van der Waals surface area contributed by atoms with Crippen LogP contribution in [-0.2, 0) is 4.84 Å². The molecule has 0 aliphatic heterocycles. The average Bonchev–Trinajstić information content (AvgIpc) is 2.51. The Bertz CT molecular complexity index is 562. The van der Waals surface area contributed by atoms with E-state index in [0.717, 1.165) is 16.3 Å². The number of nitrogens with one attached hydrogen (secondary N) is 1. The maximum Gasteiger partial charge on any atom is 0.433 e. The number of oxime groups is 1. The summed E-state index contributed by atoms with van der Waals surface area (Å²) in [5.74, 6) is 0. The van der Waals surface area contributed by atoms with Gasteiger partial charge >= 0.3 is 6.09 Å². The number of amides is 1. The zero-order valence-corrected chi connectivity index (χ0v) is 15.8. The first-order valence-corrected chi connectivity index (χ1v) is 8.34. The number of aryl methyl sites for hydroxylation is 1. The summed E-state index contributed by atoms with van der Waals surface area (Å²) in [5, 5.41) is 7.21. The molecule has 1 aromatic rings. The molecule has 6 nitrogen and oxygen atoms in total. The van der Waals surface area contributed by atoms with Gasteiger partial charge in [0.15, 0.2) is 0 Å². The molecule has 0 atom stereocenters. The van der Waals surface area contributed by atoms with Crippen molar-refractivity contribution < 1.29 is 9.63 Å². The maximum absolute atomic E-state index is 10.4. The van der Waals surface area contributed by atoms with E-state index in [2.05, 4.69) is 20.3 Å². The predicted octanol–water partition coefficient (Wildman–Crippen LogP) is 3.91. The molecule has 1 amide bonds. The van der Waals surface area contributed by atoms with Crippen molar-refractivity contribution in [3.63, 3.8) is 0 Å². The summed E-state index contributed by atoms with van der Waals surface area (Å²) in [6.07, 6.45) is 3.08. The highest BCUT2D eigenvalue weighted by Gasteiger charge is 1.96. The molecule has 0 aromatic heterocycles. The minimum atomic E-state index is -0.548. The summed E-state index contributed by atoms with van der Waals surface area (Å²) >= 11 is 7.24.